The molecule has 0 aliphatic carbocycles. The van der Waals surface area contributed by atoms with E-state index in [1.54, 1.807) is 0 Å². The molecule has 2 atom stereocenters. The van der Waals surface area contributed by atoms with Crippen LogP contribution in [0.15, 0.2) is 0 Å². The Labute approximate surface area is 128 Å². The summed E-state index contributed by atoms with van der Waals surface area (Å²) in [6.45, 7) is 6.97. The van der Waals surface area contributed by atoms with E-state index in [4.69, 9.17) is 0 Å². The van der Waals surface area contributed by atoms with Gasteiger partial charge in [-0.3, -0.25) is 9.48 Å². The van der Waals surface area contributed by atoms with E-state index < -0.39 is 0 Å². The van der Waals surface area contributed by atoms with E-state index in [0.717, 1.165) is 5.92 Å². The van der Waals surface area contributed by atoms with Crippen LogP contribution in [-0.2, 0) is 0 Å². The maximum Gasteiger partial charge on any atom is 0.233 e. The molecule has 0 spiro atoms. The van der Waals surface area contributed by atoms with Gasteiger partial charge in [0.25, 0.3) is 0 Å². The van der Waals surface area contributed by atoms with Gasteiger partial charge in [0, 0.05) is 0 Å². The second-order valence-electron chi connectivity index (χ2n) is 6.67. The molecule has 120 valence electrons. The van der Waals surface area contributed by atoms with Crippen molar-refractivity contribution in [2.24, 2.45) is 5.92 Å². The van der Waals surface area contributed by atoms with Gasteiger partial charge < -0.3 is 0 Å². The molecule has 0 saturated heterocycles. The smallest absolute Gasteiger partial charge is 0.233 e. The molecule has 0 aliphatic rings. The maximum absolute atomic E-state index is 2.33. The zero-order valence-electron chi connectivity index (χ0n) is 15.0. The molecule has 0 amide bonds. The van der Waals surface area contributed by atoms with Crippen molar-refractivity contribution in [2.45, 2.75) is 84.6 Å². The third kappa shape index (κ3) is 10.3. The Kier molecular flexibility index (Phi) is 11.9. The first kappa shape index (κ1) is 19.5. The lowest BCUT2D eigenvalue weighted by molar-refractivity contribution is -0.464. The van der Waals surface area contributed by atoms with Gasteiger partial charge in [0.15, 0.2) is 0 Å². The highest BCUT2D eigenvalue weighted by Gasteiger charge is 2.12. The first-order chi connectivity index (χ1) is 9.51. The number of hydrogen-bond acceptors (Lipinski definition) is 0. The van der Waals surface area contributed by atoms with Crippen LogP contribution in [-0.4, -0.2) is 43.0 Å². The van der Waals surface area contributed by atoms with E-state index in [1.807, 2.05) is 0 Å². The molecule has 0 fully saturated rings. The van der Waals surface area contributed by atoms with Crippen LogP contribution in [0.2, 0.25) is 0 Å². The fourth-order valence-corrected chi connectivity index (χ4v) is 2.89. The Morgan fingerprint density at radius 2 is 1.50 bits per heavy atom. The predicted molar refractivity (Wildman–Crippen MR) is 91.8 cm³/mol. The summed E-state index contributed by atoms with van der Waals surface area (Å²) in [7, 11) is 6.37. The molecule has 0 saturated carbocycles. The molecule has 2 heteroatoms. The molecule has 0 aromatic heterocycles. The van der Waals surface area contributed by atoms with E-state index in [-0.39, 0.29) is 0 Å². The van der Waals surface area contributed by atoms with Gasteiger partial charge in [0.1, 0.15) is 0 Å². The van der Waals surface area contributed by atoms with Gasteiger partial charge in [-0.2, -0.15) is 0 Å². The van der Waals surface area contributed by atoms with Crippen molar-refractivity contribution in [3.8, 4) is 0 Å². The summed E-state index contributed by atoms with van der Waals surface area (Å²) in [5, 5.41) is 0. The summed E-state index contributed by atoms with van der Waals surface area (Å²) >= 11 is 0. The average Bonchev–Trinajstić information content (AvgIpc) is 2.39. The first-order valence-electron chi connectivity index (χ1n) is 8.74. The summed E-state index contributed by atoms with van der Waals surface area (Å²) in [5.41, 5.74) is 0. The third-order valence-corrected chi connectivity index (χ3v) is 4.26. The standard InChI is InChI=1S/C18H39N2/c1-7-9-14-18(12-8-2)15-11-10-13-17(3)20(6)16-19(4)5/h16-18H,7-15H2,1-6H3/q+1. The maximum atomic E-state index is 2.33. The minimum Gasteiger partial charge on any atom is -0.274 e. The monoisotopic (exact) mass is 283 g/mol. The van der Waals surface area contributed by atoms with E-state index in [0.29, 0.717) is 6.04 Å². The Morgan fingerprint density at radius 3 is 2.05 bits per heavy atom. The highest BCUT2D eigenvalue weighted by Crippen LogP contribution is 2.22. The Morgan fingerprint density at radius 1 is 0.900 bits per heavy atom. The lowest BCUT2D eigenvalue weighted by Crippen LogP contribution is -2.30. The zero-order chi connectivity index (χ0) is 15.4. The molecule has 0 rings (SSSR count). The van der Waals surface area contributed by atoms with Crippen molar-refractivity contribution in [2.75, 3.05) is 21.1 Å². The second kappa shape index (κ2) is 12.2. The van der Waals surface area contributed by atoms with Gasteiger partial charge in [-0.15, -0.1) is 0 Å². The van der Waals surface area contributed by atoms with Gasteiger partial charge in [-0.25, -0.2) is 0 Å². The van der Waals surface area contributed by atoms with Crippen LogP contribution in [0.1, 0.15) is 78.6 Å². The van der Waals surface area contributed by atoms with E-state index >= 15 is 0 Å². The van der Waals surface area contributed by atoms with Gasteiger partial charge in [-0.1, -0.05) is 58.8 Å². The topological polar surface area (TPSA) is 6.25 Å². The van der Waals surface area contributed by atoms with E-state index in [1.165, 1.54) is 57.8 Å². The van der Waals surface area contributed by atoms with Crippen molar-refractivity contribution in [1.29, 1.82) is 0 Å². The van der Waals surface area contributed by atoms with Crippen LogP contribution in [0.4, 0.5) is 0 Å². The molecule has 20 heavy (non-hydrogen) atoms. The summed E-state index contributed by atoms with van der Waals surface area (Å²) in [6.07, 6.45) is 14.7. The molecule has 2 nitrogen and oxygen atoms in total. The highest BCUT2D eigenvalue weighted by molar-refractivity contribution is 5.48. The van der Waals surface area contributed by atoms with E-state index in [9.17, 15) is 0 Å². The molecule has 0 aromatic carbocycles. The summed E-state index contributed by atoms with van der Waals surface area (Å²) in [4.78, 5) is 2.33. The lowest BCUT2D eigenvalue weighted by atomic mass is 9.91. The molecule has 0 aliphatic heterocycles. The summed E-state index contributed by atoms with van der Waals surface area (Å²) in [6, 6.07) is 0.651. The fourth-order valence-electron chi connectivity index (χ4n) is 2.89. The minimum atomic E-state index is 0.651. The van der Waals surface area contributed by atoms with Gasteiger partial charge >= 0.3 is 0 Å². The Balaban J connectivity index is 3.83. The van der Waals surface area contributed by atoms with Gasteiger partial charge in [-0.05, 0) is 25.7 Å². The third-order valence-electron chi connectivity index (χ3n) is 4.26. The molecular formula is C18H39N2+. The predicted octanol–water partition coefficient (Wildman–Crippen LogP) is 4.77. The molecule has 0 aromatic rings. The van der Waals surface area contributed by atoms with Crippen LogP contribution < -0.4 is 0 Å². The Bertz CT molecular complexity index is 244. The van der Waals surface area contributed by atoms with Gasteiger partial charge in [0.05, 0.1) is 27.2 Å². The van der Waals surface area contributed by atoms with E-state index in [2.05, 4.69) is 57.7 Å². The molecule has 0 radical (unpaired) electrons. The zero-order valence-corrected chi connectivity index (χ0v) is 15.0. The minimum absolute atomic E-state index is 0.651. The lowest BCUT2D eigenvalue weighted by Gasteiger charge is -2.18. The number of rotatable bonds is 12. The number of hydrogen-bond donors (Lipinski definition) is 0. The summed E-state index contributed by atoms with van der Waals surface area (Å²) in [5.74, 6) is 0.987. The van der Waals surface area contributed by atoms with Crippen molar-refractivity contribution in [3.63, 3.8) is 0 Å². The van der Waals surface area contributed by atoms with Crippen LogP contribution in [0, 0.1) is 5.92 Å². The second-order valence-corrected chi connectivity index (χ2v) is 6.67. The molecular weight excluding hydrogens is 244 g/mol. The van der Waals surface area contributed by atoms with Crippen molar-refractivity contribution in [3.05, 3.63) is 0 Å². The first-order valence-corrected chi connectivity index (χ1v) is 8.74. The van der Waals surface area contributed by atoms with Crippen LogP contribution in [0.25, 0.3) is 0 Å². The molecule has 2 unspecified atom stereocenters. The number of nitrogens with zero attached hydrogens (tertiary/aromatic N) is 2. The van der Waals surface area contributed by atoms with Crippen LogP contribution in [0.3, 0.4) is 0 Å². The normalized spacial score (nSPS) is 13.9. The van der Waals surface area contributed by atoms with Gasteiger partial charge in [0.2, 0.25) is 6.34 Å². The van der Waals surface area contributed by atoms with Crippen molar-refractivity contribution < 1.29 is 4.58 Å². The highest BCUT2D eigenvalue weighted by atomic mass is 15.2. The average molecular weight is 284 g/mol. The Hall–Kier alpha value is -0.530. The molecule has 0 N–H and O–H groups in total. The van der Waals surface area contributed by atoms with Crippen molar-refractivity contribution in [1.82, 2.24) is 4.90 Å². The quantitative estimate of drug-likeness (QED) is 0.216. The molecule has 0 heterocycles. The SMILES string of the molecule is CCCCC(CCC)CCCCC(C)N(C)C=[N+](C)C. The largest absolute Gasteiger partial charge is 0.274 e. The van der Waals surface area contributed by atoms with Crippen molar-refractivity contribution >= 4 is 6.34 Å². The number of unbranched alkanes of at least 4 members (excludes halogenated alkanes) is 2. The molecule has 0 bridgehead atoms. The van der Waals surface area contributed by atoms with Crippen LogP contribution in [0.5, 0.6) is 0 Å². The summed E-state index contributed by atoms with van der Waals surface area (Å²) < 4.78 is 2.12. The fraction of sp³-hybridized carbons (Fsp3) is 0.944. The van der Waals surface area contributed by atoms with Crippen LogP contribution >= 0.6 is 0 Å².